The standard InChI is InChI=1S/C23H18N2O3/c1-16(26)18-8-5-9-19(12-18)22-11-10-21(28-22)13-20(14-24)23(27)25-15-17-6-3-2-4-7-17/h2-13H,15H2,1H3,(H,25,27)/b20-13-. The molecule has 0 saturated heterocycles. The van der Waals surface area contributed by atoms with Gasteiger partial charge in [-0.25, -0.2) is 0 Å². The summed E-state index contributed by atoms with van der Waals surface area (Å²) in [4.78, 5) is 23.8. The number of hydrogen-bond donors (Lipinski definition) is 1. The number of carbonyl (C=O) groups excluding carboxylic acids is 2. The number of benzene rings is 2. The Morgan fingerprint density at radius 1 is 1.07 bits per heavy atom. The molecular formula is C23H18N2O3. The number of furan rings is 1. The normalized spacial score (nSPS) is 10.9. The first-order chi connectivity index (χ1) is 13.6. The van der Waals surface area contributed by atoms with Crippen molar-refractivity contribution in [2.24, 2.45) is 0 Å². The third kappa shape index (κ3) is 4.63. The van der Waals surface area contributed by atoms with Gasteiger partial charge in [0.2, 0.25) is 0 Å². The van der Waals surface area contributed by atoms with Gasteiger partial charge in [0, 0.05) is 23.7 Å². The van der Waals surface area contributed by atoms with Crippen LogP contribution in [0.1, 0.15) is 28.6 Å². The van der Waals surface area contributed by atoms with Crippen LogP contribution in [0.4, 0.5) is 0 Å². The summed E-state index contributed by atoms with van der Waals surface area (Å²) in [5.74, 6) is 0.434. The fourth-order valence-corrected chi connectivity index (χ4v) is 2.64. The minimum atomic E-state index is -0.470. The van der Waals surface area contributed by atoms with Crippen molar-refractivity contribution in [3.63, 3.8) is 0 Å². The summed E-state index contributed by atoms with van der Waals surface area (Å²) in [5, 5.41) is 12.0. The van der Waals surface area contributed by atoms with Crippen molar-refractivity contribution in [3.8, 4) is 17.4 Å². The molecule has 0 fully saturated rings. The molecule has 1 heterocycles. The van der Waals surface area contributed by atoms with Crippen LogP contribution in [-0.4, -0.2) is 11.7 Å². The highest BCUT2D eigenvalue weighted by Crippen LogP contribution is 2.24. The van der Waals surface area contributed by atoms with Gasteiger partial charge in [-0.2, -0.15) is 5.26 Å². The Hall–Kier alpha value is -3.91. The van der Waals surface area contributed by atoms with E-state index >= 15 is 0 Å². The van der Waals surface area contributed by atoms with Gasteiger partial charge in [0.1, 0.15) is 23.2 Å². The molecule has 2 aromatic carbocycles. The molecule has 1 N–H and O–H groups in total. The largest absolute Gasteiger partial charge is 0.457 e. The molecule has 1 aromatic heterocycles. The molecule has 3 rings (SSSR count). The Morgan fingerprint density at radius 3 is 2.57 bits per heavy atom. The van der Waals surface area contributed by atoms with Crippen molar-refractivity contribution in [2.45, 2.75) is 13.5 Å². The molecule has 0 aliphatic heterocycles. The van der Waals surface area contributed by atoms with Crippen LogP contribution in [0, 0.1) is 11.3 Å². The lowest BCUT2D eigenvalue weighted by atomic mass is 10.1. The second kappa shape index (κ2) is 8.65. The number of Topliss-reactive ketones (excluding diaryl/α,β-unsaturated/α-hetero) is 1. The topological polar surface area (TPSA) is 83.1 Å². The molecule has 138 valence electrons. The van der Waals surface area contributed by atoms with E-state index in [1.54, 1.807) is 30.3 Å². The number of nitrogens with one attached hydrogen (secondary N) is 1. The van der Waals surface area contributed by atoms with E-state index in [2.05, 4.69) is 5.32 Å². The average Bonchev–Trinajstić information content (AvgIpc) is 3.20. The summed E-state index contributed by atoms with van der Waals surface area (Å²) < 4.78 is 5.73. The van der Waals surface area contributed by atoms with Crippen LogP contribution >= 0.6 is 0 Å². The number of carbonyl (C=O) groups is 2. The zero-order valence-electron chi connectivity index (χ0n) is 15.3. The van der Waals surface area contributed by atoms with E-state index in [1.807, 2.05) is 42.5 Å². The fourth-order valence-electron chi connectivity index (χ4n) is 2.64. The number of ketones is 1. The first-order valence-corrected chi connectivity index (χ1v) is 8.72. The summed E-state index contributed by atoms with van der Waals surface area (Å²) >= 11 is 0. The molecule has 0 unspecified atom stereocenters. The van der Waals surface area contributed by atoms with Gasteiger partial charge in [-0.3, -0.25) is 9.59 Å². The van der Waals surface area contributed by atoms with E-state index in [-0.39, 0.29) is 11.4 Å². The van der Waals surface area contributed by atoms with Crippen molar-refractivity contribution in [1.29, 1.82) is 5.26 Å². The maximum absolute atomic E-state index is 12.3. The molecule has 1 amide bonds. The maximum atomic E-state index is 12.3. The van der Waals surface area contributed by atoms with Gasteiger partial charge < -0.3 is 9.73 Å². The Balaban J connectivity index is 1.75. The molecule has 28 heavy (non-hydrogen) atoms. The van der Waals surface area contributed by atoms with E-state index in [9.17, 15) is 14.9 Å². The van der Waals surface area contributed by atoms with Crippen molar-refractivity contribution >= 4 is 17.8 Å². The van der Waals surface area contributed by atoms with E-state index in [0.717, 1.165) is 11.1 Å². The Bertz CT molecular complexity index is 1070. The second-order valence-corrected chi connectivity index (χ2v) is 6.18. The molecule has 0 aliphatic rings. The van der Waals surface area contributed by atoms with Crippen molar-refractivity contribution in [1.82, 2.24) is 5.32 Å². The summed E-state index contributed by atoms with van der Waals surface area (Å²) in [7, 11) is 0. The van der Waals surface area contributed by atoms with Gasteiger partial charge in [-0.15, -0.1) is 0 Å². The Labute approximate surface area is 162 Å². The van der Waals surface area contributed by atoms with Crippen molar-refractivity contribution in [3.05, 3.63) is 89.2 Å². The van der Waals surface area contributed by atoms with E-state index < -0.39 is 5.91 Å². The van der Waals surface area contributed by atoms with Gasteiger partial charge in [0.15, 0.2) is 5.78 Å². The quantitative estimate of drug-likeness (QED) is 0.397. The first kappa shape index (κ1) is 18.9. The van der Waals surface area contributed by atoms with Crippen LogP contribution in [0.3, 0.4) is 0 Å². The first-order valence-electron chi connectivity index (χ1n) is 8.72. The SMILES string of the molecule is CC(=O)c1cccc(-c2ccc(/C=C(/C#N)C(=O)NCc3ccccc3)o2)c1. The summed E-state index contributed by atoms with van der Waals surface area (Å²) in [6.07, 6.45) is 1.40. The van der Waals surface area contributed by atoms with Crippen LogP contribution in [0.2, 0.25) is 0 Å². The Kier molecular flexibility index (Phi) is 5.83. The molecule has 0 radical (unpaired) electrons. The van der Waals surface area contributed by atoms with Gasteiger partial charge >= 0.3 is 0 Å². The summed E-state index contributed by atoms with van der Waals surface area (Å²) in [5.41, 5.74) is 2.23. The van der Waals surface area contributed by atoms with Gasteiger partial charge in [0.25, 0.3) is 5.91 Å². The lowest BCUT2D eigenvalue weighted by Gasteiger charge is -2.04. The van der Waals surface area contributed by atoms with E-state index in [0.29, 0.717) is 23.6 Å². The minimum absolute atomic E-state index is 0.0321. The molecule has 5 heteroatoms. The van der Waals surface area contributed by atoms with Crippen LogP contribution in [-0.2, 0) is 11.3 Å². The predicted molar refractivity (Wildman–Crippen MR) is 106 cm³/mol. The minimum Gasteiger partial charge on any atom is -0.457 e. The van der Waals surface area contributed by atoms with Crippen LogP contribution < -0.4 is 5.32 Å². The number of nitriles is 1. The van der Waals surface area contributed by atoms with Gasteiger partial charge in [-0.1, -0.05) is 48.5 Å². The number of hydrogen-bond acceptors (Lipinski definition) is 4. The van der Waals surface area contributed by atoms with Gasteiger partial charge in [0.05, 0.1) is 0 Å². The maximum Gasteiger partial charge on any atom is 0.262 e. The monoisotopic (exact) mass is 370 g/mol. The highest BCUT2D eigenvalue weighted by Gasteiger charge is 2.11. The molecule has 0 saturated carbocycles. The van der Waals surface area contributed by atoms with Crippen LogP contribution in [0.15, 0.2) is 76.7 Å². The molecule has 3 aromatic rings. The highest BCUT2D eigenvalue weighted by atomic mass is 16.3. The number of nitrogens with zero attached hydrogens (tertiary/aromatic N) is 1. The lowest BCUT2D eigenvalue weighted by molar-refractivity contribution is -0.117. The molecular weight excluding hydrogens is 352 g/mol. The van der Waals surface area contributed by atoms with Crippen LogP contribution in [0.25, 0.3) is 17.4 Å². The molecule has 0 aliphatic carbocycles. The van der Waals surface area contributed by atoms with E-state index in [4.69, 9.17) is 4.42 Å². The second-order valence-electron chi connectivity index (χ2n) is 6.18. The fraction of sp³-hybridized carbons (Fsp3) is 0.0870. The smallest absolute Gasteiger partial charge is 0.262 e. The molecule has 0 atom stereocenters. The van der Waals surface area contributed by atoms with Crippen molar-refractivity contribution in [2.75, 3.05) is 0 Å². The number of amides is 1. The molecule has 0 spiro atoms. The van der Waals surface area contributed by atoms with Crippen LogP contribution in [0.5, 0.6) is 0 Å². The summed E-state index contributed by atoms with van der Waals surface area (Å²) in [6, 6.07) is 21.9. The predicted octanol–water partition coefficient (Wildman–Crippen LogP) is 4.37. The third-order valence-electron chi connectivity index (χ3n) is 4.13. The molecule has 0 bridgehead atoms. The highest BCUT2D eigenvalue weighted by molar-refractivity contribution is 6.01. The summed E-state index contributed by atoms with van der Waals surface area (Å²) in [6.45, 7) is 1.84. The van der Waals surface area contributed by atoms with E-state index in [1.165, 1.54) is 13.0 Å². The zero-order chi connectivity index (χ0) is 19.9. The number of rotatable bonds is 6. The van der Waals surface area contributed by atoms with Gasteiger partial charge in [-0.05, 0) is 30.7 Å². The lowest BCUT2D eigenvalue weighted by Crippen LogP contribution is -2.23. The third-order valence-corrected chi connectivity index (χ3v) is 4.13. The van der Waals surface area contributed by atoms with Crippen molar-refractivity contribution < 1.29 is 14.0 Å². The zero-order valence-corrected chi connectivity index (χ0v) is 15.3. The average molecular weight is 370 g/mol. The molecule has 5 nitrogen and oxygen atoms in total. The Morgan fingerprint density at radius 2 is 1.86 bits per heavy atom.